The largest absolute Gasteiger partial charge is 0.442 e. The number of carbonyl (C=O) groups excluding carboxylic acids is 1. The number of aryl methyl sites for hydroxylation is 1. The Kier molecular flexibility index (Phi) is 5.73. The topological polar surface area (TPSA) is 67.9 Å². The Morgan fingerprint density at radius 3 is 2.67 bits per heavy atom. The van der Waals surface area contributed by atoms with E-state index < -0.39 is 0 Å². The Morgan fingerprint density at radius 2 is 1.88 bits per heavy atom. The third-order valence-electron chi connectivity index (χ3n) is 6.16. The van der Waals surface area contributed by atoms with Crippen molar-refractivity contribution in [2.24, 2.45) is 7.05 Å². The van der Waals surface area contributed by atoms with Gasteiger partial charge in [0.1, 0.15) is 17.6 Å². The van der Waals surface area contributed by atoms with E-state index in [9.17, 15) is 4.79 Å². The highest BCUT2D eigenvalue weighted by molar-refractivity contribution is 5.69. The fraction of sp³-hybridized carbons (Fsp3) is 0.320. The molecule has 0 aliphatic carbocycles. The van der Waals surface area contributed by atoms with Crippen LogP contribution in [-0.4, -0.2) is 56.3 Å². The molecule has 0 radical (unpaired) electrons. The molecule has 33 heavy (non-hydrogen) atoms. The summed E-state index contributed by atoms with van der Waals surface area (Å²) in [6.07, 6.45) is 8.16. The molecule has 1 saturated heterocycles. The van der Waals surface area contributed by atoms with Crippen molar-refractivity contribution in [3.8, 4) is 11.1 Å². The number of ether oxygens (including phenoxy) is 1. The van der Waals surface area contributed by atoms with Gasteiger partial charge in [0.25, 0.3) is 0 Å². The maximum absolute atomic E-state index is 12.8. The zero-order chi connectivity index (χ0) is 22.8. The number of rotatable bonds is 4. The van der Waals surface area contributed by atoms with Gasteiger partial charge in [-0.3, -0.25) is 9.08 Å². The number of benzene rings is 1. The monoisotopic (exact) mass is 444 g/mol. The second-order valence-corrected chi connectivity index (χ2v) is 8.43. The Labute approximate surface area is 193 Å². The van der Waals surface area contributed by atoms with Crippen molar-refractivity contribution in [2.45, 2.75) is 19.4 Å². The zero-order valence-electron chi connectivity index (χ0n) is 19.0. The van der Waals surface area contributed by atoms with E-state index in [2.05, 4.69) is 37.7 Å². The minimum atomic E-state index is -0.272. The highest BCUT2D eigenvalue weighted by Crippen LogP contribution is 2.25. The van der Waals surface area contributed by atoms with E-state index in [-0.39, 0.29) is 12.2 Å². The van der Waals surface area contributed by atoms with Gasteiger partial charge in [-0.05, 0) is 36.6 Å². The predicted molar refractivity (Wildman–Crippen MR) is 127 cm³/mol. The number of hydrogen-bond acceptors (Lipinski definition) is 5. The summed E-state index contributed by atoms with van der Waals surface area (Å²) in [5, 5.41) is 4.26. The van der Waals surface area contributed by atoms with Gasteiger partial charge >= 0.3 is 6.09 Å². The number of aromatic nitrogens is 4. The molecule has 1 atom stereocenters. The second kappa shape index (κ2) is 8.97. The van der Waals surface area contributed by atoms with Crippen LogP contribution in [0.3, 0.4) is 0 Å². The van der Waals surface area contributed by atoms with Crippen LogP contribution in [0, 0.1) is 0 Å². The van der Waals surface area contributed by atoms with E-state index in [4.69, 9.17) is 4.74 Å². The molecule has 1 aliphatic heterocycles. The molecule has 4 heterocycles. The number of hydrogen-bond donors (Lipinski definition) is 0. The van der Waals surface area contributed by atoms with E-state index in [1.54, 1.807) is 4.68 Å². The van der Waals surface area contributed by atoms with Crippen LogP contribution in [0.5, 0.6) is 0 Å². The Bertz CT molecular complexity index is 1250. The molecule has 0 unspecified atom stereocenters. The van der Waals surface area contributed by atoms with Crippen LogP contribution in [0.1, 0.15) is 25.0 Å². The molecule has 0 spiro atoms. The summed E-state index contributed by atoms with van der Waals surface area (Å²) in [4.78, 5) is 21.5. The highest BCUT2D eigenvalue weighted by atomic mass is 16.6. The zero-order valence-corrected chi connectivity index (χ0v) is 19.0. The molecular formula is C25H28N6O2. The van der Waals surface area contributed by atoms with E-state index in [1.807, 2.05) is 67.8 Å². The lowest BCUT2D eigenvalue weighted by atomic mass is 10.1. The smallest absolute Gasteiger partial charge is 0.410 e. The lowest BCUT2D eigenvalue weighted by Crippen LogP contribution is -2.36. The molecule has 0 bridgehead atoms. The van der Waals surface area contributed by atoms with Crippen molar-refractivity contribution in [3.63, 3.8) is 0 Å². The van der Waals surface area contributed by atoms with Crippen molar-refractivity contribution in [2.75, 3.05) is 31.1 Å². The molecule has 3 aromatic heterocycles. The minimum absolute atomic E-state index is 0.257. The summed E-state index contributed by atoms with van der Waals surface area (Å²) in [5.41, 5.74) is 4.05. The molecule has 0 N–H and O–H groups in total. The van der Waals surface area contributed by atoms with Crippen molar-refractivity contribution in [1.29, 1.82) is 0 Å². The molecule has 4 aromatic rings. The van der Waals surface area contributed by atoms with Gasteiger partial charge in [0.2, 0.25) is 0 Å². The number of imidazole rings is 1. The van der Waals surface area contributed by atoms with Crippen LogP contribution >= 0.6 is 0 Å². The summed E-state index contributed by atoms with van der Waals surface area (Å²) >= 11 is 0. The molecule has 1 fully saturated rings. The summed E-state index contributed by atoms with van der Waals surface area (Å²) in [7, 11) is 1.91. The summed E-state index contributed by atoms with van der Waals surface area (Å²) in [6, 6.07) is 14.0. The molecule has 170 valence electrons. The first kappa shape index (κ1) is 21.1. The van der Waals surface area contributed by atoms with E-state index in [0.29, 0.717) is 13.1 Å². The van der Waals surface area contributed by atoms with Gasteiger partial charge in [0.05, 0.1) is 12.4 Å². The van der Waals surface area contributed by atoms with Gasteiger partial charge in [-0.2, -0.15) is 5.10 Å². The lowest BCUT2D eigenvalue weighted by molar-refractivity contribution is 0.0715. The third-order valence-corrected chi connectivity index (χ3v) is 6.16. The fourth-order valence-corrected chi connectivity index (χ4v) is 4.30. The van der Waals surface area contributed by atoms with E-state index in [0.717, 1.165) is 47.7 Å². The maximum atomic E-state index is 12.8. The summed E-state index contributed by atoms with van der Waals surface area (Å²) in [6.45, 7) is 4.79. The standard InChI is InChI=1S/C25H28N6O2/c1-19(20-7-4-3-5-8-20)33-25(32)30-11-6-10-29(13-14-30)24-17-26-23-15-21(9-12-31(23)24)22-16-27-28(2)18-22/h3-5,7-9,12,15-19H,6,10-11,13-14H2,1-2H3/t19-/m1/s1. The maximum Gasteiger partial charge on any atom is 0.410 e. The van der Waals surface area contributed by atoms with E-state index in [1.165, 1.54) is 0 Å². The van der Waals surface area contributed by atoms with Crippen molar-refractivity contribution >= 4 is 17.6 Å². The quantitative estimate of drug-likeness (QED) is 0.473. The van der Waals surface area contributed by atoms with Gasteiger partial charge < -0.3 is 14.5 Å². The van der Waals surface area contributed by atoms with Gasteiger partial charge in [-0.1, -0.05) is 30.3 Å². The molecular weight excluding hydrogens is 416 g/mol. The number of fused-ring (bicyclic) bond motifs is 1. The normalized spacial score (nSPS) is 15.5. The average molecular weight is 445 g/mol. The molecule has 8 heteroatoms. The fourth-order valence-electron chi connectivity index (χ4n) is 4.30. The van der Waals surface area contributed by atoms with Crippen molar-refractivity contribution in [3.05, 3.63) is 72.8 Å². The average Bonchev–Trinajstić information content (AvgIpc) is 3.38. The molecule has 1 aliphatic rings. The highest BCUT2D eigenvalue weighted by Gasteiger charge is 2.23. The number of carbonyl (C=O) groups is 1. The molecule has 5 rings (SSSR count). The molecule has 8 nitrogen and oxygen atoms in total. The van der Waals surface area contributed by atoms with Crippen LogP contribution in [0.2, 0.25) is 0 Å². The van der Waals surface area contributed by atoms with Crippen LogP contribution in [0.25, 0.3) is 16.8 Å². The summed E-state index contributed by atoms with van der Waals surface area (Å²) < 4.78 is 9.63. The van der Waals surface area contributed by atoms with Gasteiger partial charge in [0.15, 0.2) is 0 Å². The molecule has 0 saturated carbocycles. The van der Waals surface area contributed by atoms with Crippen LogP contribution < -0.4 is 4.90 Å². The van der Waals surface area contributed by atoms with Crippen molar-refractivity contribution < 1.29 is 9.53 Å². The number of pyridine rings is 1. The Balaban J connectivity index is 1.26. The van der Waals surface area contributed by atoms with E-state index >= 15 is 0 Å². The minimum Gasteiger partial charge on any atom is -0.442 e. The second-order valence-electron chi connectivity index (χ2n) is 8.43. The number of nitrogens with zero attached hydrogens (tertiary/aromatic N) is 6. The van der Waals surface area contributed by atoms with Crippen LogP contribution in [0.4, 0.5) is 10.6 Å². The van der Waals surface area contributed by atoms with Gasteiger partial charge in [0, 0.05) is 51.2 Å². The van der Waals surface area contributed by atoms with Crippen molar-refractivity contribution in [1.82, 2.24) is 24.1 Å². The van der Waals surface area contributed by atoms with Crippen LogP contribution in [0.15, 0.2) is 67.3 Å². The third kappa shape index (κ3) is 4.41. The molecule has 1 aromatic carbocycles. The number of anilines is 1. The van der Waals surface area contributed by atoms with Crippen LogP contribution in [-0.2, 0) is 11.8 Å². The SMILES string of the molecule is C[C@@H](OC(=O)N1CCCN(c2cnc3cc(-c4cnn(C)c4)ccn23)CC1)c1ccccc1. The number of amides is 1. The van der Waals surface area contributed by atoms with Gasteiger partial charge in [-0.15, -0.1) is 0 Å². The Morgan fingerprint density at radius 1 is 1.03 bits per heavy atom. The first-order valence-electron chi connectivity index (χ1n) is 11.3. The molecule has 1 amide bonds. The summed E-state index contributed by atoms with van der Waals surface area (Å²) in [5.74, 6) is 1.04. The first-order chi connectivity index (χ1) is 16.1. The lowest BCUT2D eigenvalue weighted by Gasteiger charge is -2.24. The predicted octanol–water partition coefficient (Wildman–Crippen LogP) is 4.14. The Hall–Kier alpha value is -3.81. The van der Waals surface area contributed by atoms with Gasteiger partial charge in [-0.25, -0.2) is 9.78 Å². The first-order valence-corrected chi connectivity index (χ1v) is 11.3.